The Hall–Kier alpha value is -1.96. The fourth-order valence-corrected chi connectivity index (χ4v) is 4.11. The van der Waals surface area contributed by atoms with Crippen molar-refractivity contribution in [3.63, 3.8) is 0 Å². The third-order valence-electron chi connectivity index (χ3n) is 6.45. The topological polar surface area (TPSA) is 29.5 Å². The van der Waals surface area contributed by atoms with Gasteiger partial charge in [-0.15, -0.1) is 0 Å². The second-order valence-corrected chi connectivity index (χ2v) is 9.68. The lowest BCUT2D eigenvalue weighted by molar-refractivity contribution is 0.0560. The summed E-state index contributed by atoms with van der Waals surface area (Å²) in [6.07, 6.45) is 15.8. The smallest absolute Gasteiger partial charge is 0.126 e. The molecule has 30 heavy (non-hydrogen) atoms. The predicted molar refractivity (Wildman–Crippen MR) is 130 cm³/mol. The second kappa shape index (κ2) is 10.9. The van der Waals surface area contributed by atoms with E-state index in [1.165, 1.54) is 23.1 Å². The van der Waals surface area contributed by atoms with E-state index >= 15 is 0 Å². The fourth-order valence-electron chi connectivity index (χ4n) is 4.11. The maximum atomic E-state index is 10.1. The molecule has 2 nitrogen and oxygen atoms in total. The van der Waals surface area contributed by atoms with E-state index in [0.29, 0.717) is 5.75 Å². The molecule has 1 heterocycles. The highest BCUT2D eigenvalue weighted by atomic mass is 16.5. The Morgan fingerprint density at radius 3 is 2.20 bits per heavy atom. The molecule has 1 N–H and O–H groups in total. The van der Waals surface area contributed by atoms with Crippen LogP contribution in [0.1, 0.15) is 96.3 Å². The zero-order valence-corrected chi connectivity index (χ0v) is 20.3. The molecule has 0 fully saturated rings. The highest BCUT2D eigenvalue weighted by molar-refractivity contribution is 5.53. The van der Waals surface area contributed by atoms with E-state index < -0.39 is 0 Å². The van der Waals surface area contributed by atoms with Crippen molar-refractivity contribution in [1.29, 1.82) is 0 Å². The van der Waals surface area contributed by atoms with Crippen LogP contribution in [-0.4, -0.2) is 10.7 Å². The van der Waals surface area contributed by atoms with Gasteiger partial charge < -0.3 is 9.84 Å². The van der Waals surface area contributed by atoms with E-state index in [1.54, 1.807) is 0 Å². The van der Waals surface area contributed by atoms with E-state index in [2.05, 4.69) is 59.8 Å². The van der Waals surface area contributed by atoms with Crippen LogP contribution in [0.25, 0.3) is 0 Å². The normalized spacial score (nSPS) is 19.3. The molecule has 0 aliphatic carbocycles. The summed E-state index contributed by atoms with van der Waals surface area (Å²) in [6.45, 7) is 15.1. The van der Waals surface area contributed by atoms with E-state index in [1.807, 2.05) is 13.0 Å². The van der Waals surface area contributed by atoms with Crippen LogP contribution in [0, 0.1) is 13.8 Å². The van der Waals surface area contributed by atoms with Gasteiger partial charge in [0.25, 0.3) is 0 Å². The van der Waals surface area contributed by atoms with Crippen LogP contribution in [-0.2, 0) is 6.42 Å². The van der Waals surface area contributed by atoms with E-state index in [-0.39, 0.29) is 5.60 Å². The van der Waals surface area contributed by atoms with Gasteiger partial charge in [-0.1, -0.05) is 34.9 Å². The quantitative estimate of drug-likeness (QED) is 0.415. The van der Waals surface area contributed by atoms with Crippen molar-refractivity contribution in [1.82, 2.24) is 0 Å². The van der Waals surface area contributed by atoms with Crippen molar-refractivity contribution in [2.24, 2.45) is 0 Å². The van der Waals surface area contributed by atoms with Gasteiger partial charge >= 0.3 is 0 Å². The Kier molecular flexibility index (Phi) is 8.82. The lowest BCUT2D eigenvalue weighted by Gasteiger charge is -2.37. The largest absolute Gasteiger partial charge is 0.508 e. The molecule has 1 aliphatic rings. The van der Waals surface area contributed by atoms with Gasteiger partial charge in [0.05, 0.1) is 0 Å². The summed E-state index contributed by atoms with van der Waals surface area (Å²) >= 11 is 0. The minimum Gasteiger partial charge on any atom is -0.508 e. The molecule has 1 aliphatic heterocycles. The number of phenolic OH excluding ortho intramolecular Hbond substituents is 1. The SMILES string of the molecule is CC(C)=CCC/C(C)=C/CC/C(C)=C/CCC1(C)CCc2cc(O)c(C)c(C)c2O1. The molecule has 2 heteroatoms. The Morgan fingerprint density at radius 1 is 0.967 bits per heavy atom. The number of rotatable bonds is 9. The number of fused-ring (bicyclic) bond motifs is 1. The van der Waals surface area contributed by atoms with Crippen LogP contribution < -0.4 is 4.74 Å². The maximum absolute atomic E-state index is 10.1. The highest BCUT2D eigenvalue weighted by Crippen LogP contribution is 2.41. The van der Waals surface area contributed by atoms with Crippen LogP contribution in [0.4, 0.5) is 0 Å². The molecule has 1 atom stereocenters. The number of ether oxygens (including phenoxy) is 1. The number of allylic oxidation sites excluding steroid dienone is 6. The summed E-state index contributed by atoms with van der Waals surface area (Å²) in [7, 11) is 0. The lowest BCUT2D eigenvalue weighted by atomic mass is 9.87. The van der Waals surface area contributed by atoms with Gasteiger partial charge in [-0.25, -0.2) is 0 Å². The van der Waals surface area contributed by atoms with Crippen molar-refractivity contribution in [3.05, 3.63) is 57.7 Å². The average molecular weight is 411 g/mol. The number of hydrogen-bond acceptors (Lipinski definition) is 2. The molecule has 0 aromatic heterocycles. The summed E-state index contributed by atoms with van der Waals surface area (Å²) in [5.41, 5.74) is 7.40. The van der Waals surface area contributed by atoms with E-state index in [9.17, 15) is 5.11 Å². The molecular weight excluding hydrogens is 368 g/mol. The Balaban J connectivity index is 1.83. The van der Waals surface area contributed by atoms with E-state index in [4.69, 9.17) is 4.74 Å². The first-order chi connectivity index (χ1) is 14.1. The summed E-state index contributed by atoms with van der Waals surface area (Å²) in [5.74, 6) is 1.38. The zero-order chi connectivity index (χ0) is 22.3. The van der Waals surface area contributed by atoms with Crippen LogP contribution in [0.3, 0.4) is 0 Å². The number of aromatic hydroxyl groups is 1. The summed E-state index contributed by atoms with van der Waals surface area (Å²) in [5, 5.41) is 10.1. The van der Waals surface area contributed by atoms with Crippen molar-refractivity contribution in [2.45, 2.75) is 105 Å². The van der Waals surface area contributed by atoms with Gasteiger partial charge in [-0.3, -0.25) is 0 Å². The molecule has 1 aromatic carbocycles. The summed E-state index contributed by atoms with van der Waals surface area (Å²) in [4.78, 5) is 0. The average Bonchev–Trinajstić information content (AvgIpc) is 2.67. The molecule has 0 spiro atoms. The van der Waals surface area contributed by atoms with Gasteiger partial charge in [-0.2, -0.15) is 0 Å². The minimum absolute atomic E-state index is 0.126. The van der Waals surface area contributed by atoms with Gasteiger partial charge in [-0.05, 0) is 123 Å². The molecule has 0 bridgehead atoms. The van der Waals surface area contributed by atoms with Crippen molar-refractivity contribution < 1.29 is 9.84 Å². The Labute approximate surface area is 184 Å². The van der Waals surface area contributed by atoms with Crippen LogP contribution in [0.2, 0.25) is 0 Å². The molecule has 166 valence electrons. The predicted octanol–water partition coefficient (Wildman–Crippen LogP) is 8.29. The standard InChI is InChI=1S/C28H42O2/c1-20(2)11-8-12-21(3)13-9-14-22(4)15-10-17-28(7)18-16-25-19-26(29)23(5)24(6)27(25)30-28/h11,13,15,19,29H,8-10,12,14,16-18H2,1-7H3/b21-13+,22-15+. The monoisotopic (exact) mass is 410 g/mol. The van der Waals surface area contributed by atoms with Crippen molar-refractivity contribution >= 4 is 0 Å². The first kappa shape index (κ1) is 24.3. The first-order valence-electron chi connectivity index (χ1n) is 11.6. The maximum Gasteiger partial charge on any atom is 0.126 e. The minimum atomic E-state index is -0.126. The van der Waals surface area contributed by atoms with Gasteiger partial charge in [0, 0.05) is 0 Å². The third kappa shape index (κ3) is 7.07. The van der Waals surface area contributed by atoms with Crippen LogP contribution in [0.5, 0.6) is 11.5 Å². The number of phenols is 1. The Bertz CT molecular complexity index is 822. The molecule has 0 amide bonds. The molecule has 2 rings (SSSR count). The van der Waals surface area contributed by atoms with Crippen LogP contribution in [0.15, 0.2) is 41.0 Å². The highest BCUT2D eigenvalue weighted by Gasteiger charge is 2.32. The van der Waals surface area contributed by atoms with Crippen LogP contribution >= 0.6 is 0 Å². The molecule has 0 radical (unpaired) electrons. The molecule has 0 saturated carbocycles. The fraction of sp³-hybridized carbons (Fsp3) is 0.571. The summed E-state index contributed by atoms with van der Waals surface area (Å²) < 4.78 is 6.48. The molecule has 1 aromatic rings. The van der Waals surface area contributed by atoms with Crippen molar-refractivity contribution in [3.8, 4) is 11.5 Å². The summed E-state index contributed by atoms with van der Waals surface area (Å²) in [6, 6.07) is 1.89. The molecule has 0 saturated heterocycles. The number of aryl methyl sites for hydroxylation is 1. The van der Waals surface area contributed by atoms with Gasteiger partial charge in [0.1, 0.15) is 17.1 Å². The van der Waals surface area contributed by atoms with E-state index in [0.717, 1.165) is 67.4 Å². The Morgan fingerprint density at radius 2 is 1.57 bits per heavy atom. The lowest BCUT2D eigenvalue weighted by Crippen LogP contribution is -2.36. The molecular formula is C28H42O2. The van der Waals surface area contributed by atoms with Gasteiger partial charge in [0.2, 0.25) is 0 Å². The molecule has 1 unspecified atom stereocenters. The second-order valence-electron chi connectivity index (χ2n) is 9.68. The third-order valence-corrected chi connectivity index (χ3v) is 6.45. The van der Waals surface area contributed by atoms with Gasteiger partial charge in [0.15, 0.2) is 0 Å². The zero-order valence-electron chi connectivity index (χ0n) is 20.3. The number of benzene rings is 1. The van der Waals surface area contributed by atoms with Crippen molar-refractivity contribution in [2.75, 3.05) is 0 Å². The number of hydrogen-bond donors (Lipinski definition) is 1. The first-order valence-corrected chi connectivity index (χ1v) is 11.6.